The number of carboxylic acids is 1. The van der Waals surface area contributed by atoms with Gasteiger partial charge in [-0.2, -0.15) is 0 Å². The molecule has 4 heteroatoms. The Balaban J connectivity index is 2.31. The Hall–Kier alpha value is -1.29. The highest BCUT2D eigenvalue weighted by Crippen LogP contribution is 2.13. The van der Waals surface area contributed by atoms with Crippen molar-refractivity contribution < 1.29 is 14.3 Å². The monoisotopic (exact) mass is 211 g/mol. The van der Waals surface area contributed by atoms with E-state index in [1.54, 1.807) is 6.26 Å². The molecule has 0 amide bonds. The number of aliphatic carboxylic acids is 1. The molecule has 84 valence electrons. The van der Waals surface area contributed by atoms with Gasteiger partial charge in [-0.25, -0.2) is 0 Å². The first kappa shape index (κ1) is 11.8. The van der Waals surface area contributed by atoms with Crippen molar-refractivity contribution in [3.8, 4) is 0 Å². The summed E-state index contributed by atoms with van der Waals surface area (Å²) in [6, 6.07) is 4.03. The van der Waals surface area contributed by atoms with Crippen LogP contribution in [0.2, 0.25) is 0 Å². The Morgan fingerprint density at radius 3 is 2.87 bits per heavy atom. The Bertz CT molecular complexity index is 295. The van der Waals surface area contributed by atoms with Crippen molar-refractivity contribution in [2.24, 2.45) is 0 Å². The maximum Gasteiger partial charge on any atom is 0.303 e. The number of hydrogen-bond acceptors (Lipinski definition) is 3. The van der Waals surface area contributed by atoms with Crippen LogP contribution in [-0.4, -0.2) is 17.1 Å². The van der Waals surface area contributed by atoms with Crippen LogP contribution in [0.4, 0.5) is 0 Å². The fourth-order valence-corrected chi connectivity index (χ4v) is 1.47. The molecular formula is C11H17NO3. The molecule has 1 aromatic heterocycles. The molecule has 0 fully saturated rings. The fourth-order valence-electron chi connectivity index (χ4n) is 1.47. The van der Waals surface area contributed by atoms with E-state index < -0.39 is 5.97 Å². The molecule has 1 aromatic rings. The fraction of sp³-hybridized carbons (Fsp3) is 0.545. The molecule has 0 radical (unpaired) electrons. The van der Waals surface area contributed by atoms with Crippen molar-refractivity contribution in [1.29, 1.82) is 0 Å². The van der Waals surface area contributed by atoms with E-state index in [0.717, 1.165) is 5.76 Å². The Morgan fingerprint density at radius 1 is 1.60 bits per heavy atom. The number of carbonyl (C=O) groups is 1. The van der Waals surface area contributed by atoms with Crippen LogP contribution in [0.5, 0.6) is 0 Å². The molecule has 15 heavy (non-hydrogen) atoms. The maximum atomic E-state index is 10.4. The van der Waals surface area contributed by atoms with Gasteiger partial charge in [0.05, 0.1) is 12.3 Å². The van der Waals surface area contributed by atoms with E-state index in [1.165, 1.54) is 0 Å². The molecule has 2 N–H and O–H groups in total. The van der Waals surface area contributed by atoms with Crippen LogP contribution >= 0.6 is 0 Å². The predicted octanol–water partition coefficient (Wildman–Crippen LogP) is 2.18. The third-order valence-electron chi connectivity index (χ3n) is 2.30. The van der Waals surface area contributed by atoms with Crippen LogP contribution in [-0.2, 0) is 4.79 Å². The minimum atomic E-state index is -0.755. The van der Waals surface area contributed by atoms with Gasteiger partial charge in [0, 0.05) is 12.5 Å². The van der Waals surface area contributed by atoms with Crippen LogP contribution in [0.1, 0.15) is 38.5 Å². The lowest BCUT2D eigenvalue weighted by molar-refractivity contribution is -0.137. The minimum absolute atomic E-state index is 0.115. The Morgan fingerprint density at radius 2 is 2.33 bits per heavy atom. The normalized spacial score (nSPS) is 14.8. The van der Waals surface area contributed by atoms with Crippen LogP contribution in [0, 0.1) is 0 Å². The van der Waals surface area contributed by atoms with E-state index in [2.05, 4.69) is 5.32 Å². The Labute approximate surface area is 89.3 Å². The molecule has 1 rings (SSSR count). The number of hydrogen-bond donors (Lipinski definition) is 2. The average Bonchev–Trinajstić information content (AvgIpc) is 2.67. The van der Waals surface area contributed by atoms with Crippen LogP contribution < -0.4 is 5.32 Å². The van der Waals surface area contributed by atoms with Crippen molar-refractivity contribution in [2.75, 3.05) is 0 Å². The molecule has 0 spiro atoms. The third-order valence-corrected chi connectivity index (χ3v) is 2.30. The summed E-state index contributed by atoms with van der Waals surface area (Å²) in [7, 11) is 0. The van der Waals surface area contributed by atoms with E-state index in [4.69, 9.17) is 9.52 Å². The van der Waals surface area contributed by atoms with Gasteiger partial charge < -0.3 is 14.8 Å². The zero-order chi connectivity index (χ0) is 11.3. The summed E-state index contributed by atoms with van der Waals surface area (Å²) in [6.45, 7) is 3.97. The quantitative estimate of drug-likeness (QED) is 0.757. The summed E-state index contributed by atoms with van der Waals surface area (Å²) in [6.07, 6.45) is 2.45. The molecule has 0 saturated heterocycles. The summed E-state index contributed by atoms with van der Waals surface area (Å²) in [5.74, 6) is 0.117. The molecule has 0 bridgehead atoms. The predicted molar refractivity (Wildman–Crippen MR) is 56.6 cm³/mol. The molecule has 0 aromatic carbocycles. The van der Waals surface area contributed by atoms with E-state index in [9.17, 15) is 4.79 Å². The van der Waals surface area contributed by atoms with Gasteiger partial charge in [-0.3, -0.25) is 4.79 Å². The summed E-state index contributed by atoms with van der Waals surface area (Å²) in [4.78, 5) is 10.4. The average molecular weight is 211 g/mol. The van der Waals surface area contributed by atoms with Crippen LogP contribution in [0.3, 0.4) is 0 Å². The second kappa shape index (κ2) is 5.56. The molecule has 1 unspecified atom stereocenters. The van der Waals surface area contributed by atoms with Gasteiger partial charge >= 0.3 is 5.97 Å². The van der Waals surface area contributed by atoms with Crippen molar-refractivity contribution >= 4 is 5.97 Å². The summed E-state index contributed by atoms with van der Waals surface area (Å²) in [5, 5.41) is 11.8. The molecule has 2 atom stereocenters. The van der Waals surface area contributed by atoms with E-state index in [1.807, 2.05) is 26.0 Å². The van der Waals surface area contributed by atoms with Gasteiger partial charge in [0.25, 0.3) is 0 Å². The van der Waals surface area contributed by atoms with Crippen LogP contribution in [0.25, 0.3) is 0 Å². The molecular weight excluding hydrogens is 194 g/mol. The third kappa shape index (κ3) is 4.16. The first-order valence-electron chi connectivity index (χ1n) is 5.11. The van der Waals surface area contributed by atoms with Crippen molar-refractivity contribution in [3.63, 3.8) is 0 Å². The number of carboxylic acid groups (broad SMARTS) is 1. The largest absolute Gasteiger partial charge is 0.481 e. The molecule has 1 heterocycles. The summed E-state index contributed by atoms with van der Waals surface area (Å²) >= 11 is 0. The molecule has 4 nitrogen and oxygen atoms in total. The molecule has 0 aliphatic carbocycles. The van der Waals surface area contributed by atoms with Gasteiger partial charge in [-0.05, 0) is 32.4 Å². The zero-order valence-electron chi connectivity index (χ0n) is 9.06. The zero-order valence-corrected chi connectivity index (χ0v) is 9.06. The molecule has 0 aliphatic heterocycles. The highest BCUT2D eigenvalue weighted by molar-refractivity contribution is 5.66. The summed E-state index contributed by atoms with van der Waals surface area (Å²) < 4.78 is 5.24. The lowest BCUT2D eigenvalue weighted by atomic mass is 10.1. The lowest BCUT2D eigenvalue weighted by Gasteiger charge is -2.17. The van der Waals surface area contributed by atoms with Gasteiger partial charge in [-0.1, -0.05) is 0 Å². The van der Waals surface area contributed by atoms with Crippen LogP contribution in [0.15, 0.2) is 22.8 Å². The second-order valence-electron chi connectivity index (χ2n) is 3.74. The first-order chi connectivity index (χ1) is 7.09. The topological polar surface area (TPSA) is 62.5 Å². The number of rotatable bonds is 6. The lowest BCUT2D eigenvalue weighted by Crippen LogP contribution is -2.29. The Kier molecular flexibility index (Phi) is 4.37. The maximum absolute atomic E-state index is 10.4. The van der Waals surface area contributed by atoms with Crippen molar-refractivity contribution in [3.05, 3.63) is 24.2 Å². The van der Waals surface area contributed by atoms with Gasteiger partial charge in [0.2, 0.25) is 0 Å². The highest BCUT2D eigenvalue weighted by atomic mass is 16.4. The van der Waals surface area contributed by atoms with Gasteiger partial charge in [0.1, 0.15) is 5.76 Å². The molecule has 0 aliphatic rings. The molecule has 0 saturated carbocycles. The van der Waals surface area contributed by atoms with E-state index in [0.29, 0.717) is 6.42 Å². The SMILES string of the molecule is CC(CCC(=O)O)N[C@H](C)c1ccco1. The minimum Gasteiger partial charge on any atom is -0.481 e. The van der Waals surface area contributed by atoms with Crippen molar-refractivity contribution in [2.45, 2.75) is 38.8 Å². The number of furan rings is 1. The summed E-state index contributed by atoms with van der Waals surface area (Å²) in [5.41, 5.74) is 0. The van der Waals surface area contributed by atoms with E-state index >= 15 is 0 Å². The smallest absolute Gasteiger partial charge is 0.303 e. The second-order valence-corrected chi connectivity index (χ2v) is 3.74. The van der Waals surface area contributed by atoms with Gasteiger partial charge in [0.15, 0.2) is 0 Å². The van der Waals surface area contributed by atoms with Crippen molar-refractivity contribution in [1.82, 2.24) is 5.32 Å². The highest BCUT2D eigenvalue weighted by Gasteiger charge is 2.12. The number of nitrogens with one attached hydrogen (secondary N) is 1. The standard InChI is InChI=1S/C11H17NO3/c1-8(5-6-11(13)14)12-9(2)10-4-3-7-15-10/h3-4,7-9,12H,5-6H2,1-2H3,(H,13,14)/t8?,9-/m1/s1. The van der Waals surface area contributed by atoms with E-state index in [-0.39, 0.29) is 18.5 Å². The van der Waals surface area contributed by atoms with Gasteiger partial charge in [-0.15, -0.1) is 0 Å². The first-order valence-corrected chi connectivity index (χ1v) is 5.11.